The molecule has 40 heavy (non-hydrogen) atoms. The van der Waals surface area contributed by atoms with E-state index in [0.717, 1.165) is 6.42 Å². The van der Waals surface area contributed by atoms with Gasteiger partial charge in [-0.3, -0.25) is 9.80 Å². The summed E-state index contributed by atoms with van der Waals surface area (Å²) in [5, 5.41) is 2.43. The van der Waals surface area contributed by atoms with Crippen LogP contribution in [-0.2, 0) is 14.2 Å². The van der Waals surface area contributed by atoms with E-state index in [0.29, 0.717) is 19.6 Å². The lowest BCUT2D eigenvalue weighted by molar-refractivity contribution is -0.178. The van der Waals surface area contributed by atoms with Gasteiger partial charge < -0.3 is 24.4 Å². The maximum absolute atomic E-state index is 14.0. The van der Waals surface area contributed by atoms with Crippen LogP contribution in [0.5, 0.6) is 0 Å². The Morgan fingerprint density at radius 1 is 0.950 bits per heavy atom. The molecule has 0 saturated carbocycles. The summed E-state index contributed by atoms with van der Waals surface area (Å²) in [5.41, 5.74) is -0.370. The van der Waals surface area contributed by atoms with Crippen molar-refractivity contribution in [1.29, 1.82) is 0 Å². The number of piperidine rings is 1. The zero-order chi connectivity index (χ0) is 30.5. The average Bonchev–Trinajstić information content (AvgIpc) is 3.27. The molecule has 0 spiro atoms. The van der Waals surface area contributed by atoms with Crippen molar-refractivity contribution < 1.29 is 42.8 Å². The van der Waals surface area contributed by atoms with E-state index in [1.54, 1.807) is 30.6 Å². The number of amides is 2. The Hall–Kier alpha value is -1.86. The van der Waals surface area contributed by atoms with Gasteiger partial charge in [-0.15, -0.1) is 0 Å². The Kier molecular flexibility index (Phi) is 11.9. The van der Waals surface area contributed by atoms with Crippen LogP contribution in [0, 0.1) is 0 Å². The summed E-state index contributed by atoms with van der Waals surface area (Å²) in [6.45, 7) is 16.0. The highest BCUT2D eigenvalue weighted by Gasteiger charge is 2.54. The number of alkyl halides is 4. The van der Waals surface area contributed by atoms with Crippen molar-refractivity contribution in [1.82, 2.24) is 20.0 Å². The van der Waals surface area contributed by atoms with Crippen molar-refractivity contribution in [2.24, 2.45) is 0 Å². The molecule has 5 aliphatic heterocycles. The van der Waals surface area contributed by atoms with Gasteiger partial charge in [-0.25, -0.2) is 27.2 Å². The zero-order valence-electron chi connectivity index (χ0n) is 25.1. The van der Waals surface area contributed by atoms with Crippen LogP contribution in [-0.4, -0.2) is 121 Å². The van der Waals surface area contributed by atoms with E-state index in [2.05, 4.69) is 19.2 Å². The highest BCUT2D eigenvalue weighted by atomic mass is 19.3. The second-order valence-electron chi connectivity index (χ2n) is 12.2. The fourth-order valence-corrected chi connectivity index (χ4v) is 4.69. The molecule has 2 bridgehead atoms. The number of morpholine rings is 1. The number of nitrogens with zero attached hydrogens (tertiary/aromatic N) is 3. The van der Waals surface area contributed by atoms with Gasteiger partial charge in [0.1, 0.15) is 0 Å². The first-order chi connectivity index (χ1) is 18.4. The molecular formula is C27H50F4N4O5. The lowest BCUT2D eigenvalue weighted by atomic mass is 9.99. The minimum absolute atomic E-state index is 0. The van der Waals surface area contributed by atoms with Gasteiger partial charge in [0.15, 0.2) is 12.2 Å². The van der Waals surface area contributed by atoms with Gasteiger partial charge in [-0.05, 0) is 41.2 Å². The summed E-state index contributed by atoms with van der Waals surface area (Å²) in [4.78, 5) is 28.0. The first-order valence-corrected chi connectivity index (χ1v) is 14.2. The van der Waals surface area contributed by atoms with Crippen LogP contribution in [0.4, 0.5) is 27.2 Å². The van der Waals surface area contributed by atoms with Crippen molar-refractivity contribution in [3.8, 4) is 0 Å². The summed E-state index contributed by atoms with van der Waals surface area (Å²) >= 11 is 0. The quantitative estimate of drug-likeness (QED) is 0.472. The molecule has 0 radical (unpaired) electrons. The van der Waals surface area contributed by atoms with Gasteiger partial charge in [0.2, 0.25) is 0 Å². The fraction of sp³-hybridized carbons (Fsp3) is 0.926. The van der Waals surface area contributed by atoms with Gasteiger partial charge >= 0.3 is 12.2 Å². The summed E-state index contributed by atoms with van der Waals surface area (Å²) in [7, 11) is 0. The van der Waals surface area contributed by atoms with Crippen LogP contribution in [0.25, 0.3) is 0 Å². The average molecular weight is 587 g/mol. The highest BCUT2D eigenvalue weighted by Crippen LogP contribution is 2.35. The van der Waals surface area contributed by atoms with E-state index in [-0.39, 0.29) is 51.4 Å². The van der Waals surface area contributed by atoms with E-state index in [9.17, 15) is 27.2 Å². The lowest BCUT2D eigenvalue weighted by Gasteiger charge is -2.46. The number of likely N-dealkylation sites (tertiary alicyclic amines) is 2. The summed E-state index contributed by atoms with van der Waals surface area (Å²) in [6, 6.07) is -0.121. The maximum atomic E-state index is 14.0. The topological polar surface area (TPSA) is 83.6 Å². The van der Waals surface area contributed by atoms with Crippen LogP contribution in [0.2, 0.25) is 0 Å². The van der Waals surface area contributed by atoms with E-state index in [1.165, 1.54) is 11.3 Å². The molecule has 0 aromatic carbocycles. The van der Waals surface area contributed by atoms with Crippen molar-refractivity contribution in [2.75, 3.05) is 45.8 Å². The molecular weight excluding hydrogens is 536 g/mol. The maximum Gasteiger partial charge on any atom is 0.410 e. The molecule has 0 aromatic heterocycles. The van der Waals surface area contributed by atoms with Crippen LogP contribution in [0.1, 0.15) is 69.7 Å². The van der Waals surface area contributed by atoms with Gasteiger partial charge in [-0.1, -0.05) is 27.2 Å². The van der Waals surface area contributed by atoms with E-state index >= 15 is 0 Å². The third kappa shape index (κ3) is 9.61. The third-order valence-corrected chi connectivity index (χ3v) is 6.90. The standard InChI is InChI=1S/C14H22F2N2O3.C10H18F2N2O2.C3H8.H2/c1-13(2,3)18-7-11(14(15,16)8-18)21-12(19)17-5-9-4-10(6-17)20-9;1-4-14-5-8(10(11,12)6-14)16-9(15)13-7(2)3;1-3-2;/h9-11H,4-8H2,1-3H3;7-8H,4-6H2,1-3H3,(H,13,15);3H2,1-2H3;1H. The Morgan fingerprint density at radius 2 is 1.45 bits per heavy atom. The van der Waals surface area contributed by atoms with Gasteiger partial charge in [0.25, 0.3) is 11.8 Å². The molecule has 5 heterocycles. The van der Waals surface area contributed by atoms with Crippen molar-refractivity contribution in [3.63, 3.8) is 0 Å². The van der Waals surface area contributed by atoms with Crippen LogP contribution in [0.15, 0.2) is 0 Å². The minimum Gasteiger partial charge on any atom is -0.438 e. The lowest BCUT2D eigenvalue weighted by Crippen LogP contribution is -2.59. The van der Waals surface area contributed by atoms with Gasteiger partial charge in [-0.2, -0.15) is 0 Å². The largest absolute Gasteiger partial charge is 0.438 e. The SMILES string of the molecule is CC(C)(C)N1CC(OC(=O)N2CC3CC(C2)O3)C(F)(F)C1.CCC.CCN1CC(OC(=O)NC(C)C)C(F)(F)C1.[HH]. The number of carbonyl (C=O) groups excluding carboxylic acids is 2. The number of rotatable bonds is 4. The number of halogens is 4. The molecule has 5 saturated heterocycles. The molecule has 4 atom stereocenters. The molecule has 1 N–H and O–H groups in total. The molecule has 5 fully saturated rings. The second-order valence-corrected chi connectivity index (χ2v) is 12.2. The third-order valence-electron chi connectivity index (χ3n) is 6.90. The predicted molar refractivity (Wildman–Crippen MR) is 145 cm³/mol. The van der Waals surface area contributed by atoms with Crippen molar-refractivity contribution in [2.45, 2.75) is 116 Å². The smallest absolute Gasteiger partial charge is 0.410 e. The Labute approximate surface area is 237 Å². The van der Waals surface area contributed by atoms with Crippen molar-refractivity contribution in [3.05, 3.63) is 0 Å². The van der Waals surface area contributed by atoms with Gasteiger partial charge in [0.05, 0.1) is 38.4 Å². The summed E-state index contributed by atoms with van der Waals surface area (Å²) in [6.07, 6.45) is -1.85. The molecule has 236 valence electrons. The fourth-order valence-electron chi connectivity index (χ4n) is 4.69. The van der Waals surface area contributed by atoms with Gasteiger partial charge in [0, 0.05) is 32.5 Å². The molecule has 0 aliphatic carbocycles. The first kappa shape index (κ1) is 34.3. The highest BCUT2D eigenvalue weighted by molar-refractivity contribution is 5.68. The van der Waals surface area contributed by atoms with Crippen LogP contribution < -0.4 is 5.32 Å². The number of alkyl carbamates (subject to hydrolysis) is 1. The number of nitrogens with one attached hydrogen (secondary N) is 1. The number of hydrogen-bond donors (Lipinski definition) is 1. The molecule has 2 amide bonds. The van der Waals surface area contributed by atoms with E-state index in [4.69, 9.17) is 14.2 Å². The molecule has 5 aliphatic rings. The Bertz CT molecular complexity index is 833. The molecule has 9 nitrogen and oxygen atoms in total. The van der Waals surface area contributed by atoms with E-state index in [1.807, 2.05) is 20.8 Å². The molecule has 5 rings (SSSR count). The van der Waals surface area contributed by atoms with Crippen molar-refractivity contribution >= 4 is 12.2 Å². The van der Waals surface area contributed by atoms with E-state index < -0.39 is 36.2 Å². The van der Waals surface area contributed by atoms with Crippen LogP contribution >= 0.6 is 0 Å². The number of carbonyl (C=O) groups is 2. The Morgan fingerprint density at radius 3 is 1.88 bits per heavy atom. The number of hydrogen-bond acceptors (Lipinski definition) is 7. The first-order valence-electron chi connectivity index (χ1n) is 14.2. The zero-order valence-corrected chi connectivity index (χ0v) is 25.1. The molecule has 13 heteroatoms. The Balaban J connectivity index is 0.000000378. The summed E-state index contributed by atoms with van der Waals surface area (Å²) < 4.78 is 70.1. The summed E-state index contributed by atoms with van der Waals surface area (Å²) in [5.74, 6) is -5.96. The normalized spacial score (nSPS) is 29.0. The molecule has 4 unspecified atom stereocenters. The number of likely N-dealkylation sites (N-methyl/N-ethyl adjacent to an activating group) is 1. The molecule has 0 aromatic rings. The minimum atomic E-state index is -3.00. The number of fused-ring (bicyclic) bond motifs is 2. The second kappa shape index (κ2) is 13.9. The monoisotopic (exact) mass is 586 g/mol. The number of ether oxygens (including phenoxy) is 3. The predicted octanol–water partition coefficient (Wildman–Crippen LogP) is 4.84. The van der Waals surface area contributed by atoms with Crippen LogP contribution in [0.3, 0.4) is 0 Å².